The van der Waals surface area contributed by atoms with E-state index in [1.807, 2.05) is 55.1 Å². The molecule has 23 heavy (non-hydrogen) atoms. The maximum Gasteiger partial charge on any atom is 0.321 e. The van der Waals surface area contributed by atoms with Crippen molar-refractivity contribution in [3.05, 3.63) is 52.8 Å². The summed E-state index contributed by atoms with van der Waals surface area (Å²) in [6.07, 6.45) is 1.80. The number of aryl methyl sites for hydroxylation is 1. The fourth-order valence-electron chi connectivity index (χ4n) is 2.26. The smallest absolute Gasteiger partial charge is 0.321 e. The Hall–Kier alpha value is -1.98. The van der Waals surface area contributed by atoms with Crippen LogP contribution < -0.4 is 5.32 Å². The maximum absolute atomic E-state index is 12.3. The topological polar surface area (TPSA) is 46.5 Å². The third-order valence-corrected chi connectivity index (χ3v) is 3.99. The summed E-state index contributed by atoms with van der Waals surface area (Å²) in [4.78, 5) is 13.9. The molecule has 0 aliphatic heterocycles. The Kier molecular flexibility index (Phi) is 5.69. The molecule has 2 amide bonds. The van der Waals surface area contributed by atoms with Gasteiger partial charge in [-0.05, 0) is 30.7 Å². The zero-order chi connectivity index (χ0) is 17.0. The van der Waals surface area contributed by atoms with Crippen LogP contribution in [-0.2, 0) is 18.3 Å². The lowest BCUT2D eigenvalue weighted by Crippen LogP contribution is -2.31. The van der Waals surface area contributed by atoms with Gasteiger partial charge in [-0.2, -0.15) is 0 Å². The van der Waals surface area contributed by atoms with Gasteiger partial charge in [0, 0.05) is 38.8 Å². The van der Waals surface area contributed by atoms with Crippen LogP contribution in [0.15, 0.2) is 36.5 Å². The molecule has 1 heterocycles. The average molecular weight is 336 g/mol. The van der Waals surface area contributed by atoms with Crippen molar-refractivity contribution in [3.63, 3.8) is 0 Å². The Balaban J connectivity index is 2.02. The molecule has 1 aromatic carbocycles. The molecule has 2 rings (SSSR count). The van der Waals surface area contributed by atoms with Crippen molar-refractivity contribution >= 4 is 23.3 Å². The van der Waals surface area contributed by atoms with Gasteiger partial charge in [-0.25, -0.2) is 4.79 Å². The van der Waals surface area contributed by atoms with Gasteiger partial charge in [-0.3, -0.25) is 0 Å². The number of hydrogen-bond acceptors (Lipinski definition) is 2. The van der Waals surface area contributed by atoms with Gasteiger partial charge in [0.1, 0.15) is 0 Å². The monoisotopic (exact) mass is 335 g/mol. The number of amides is 2. The fourth-order valence-corrected chi connectivity index (χ4v) is 2.53. The number of benzene rings is 1. The molecular weight excluding hydrogens is 314 g/mol. The molecule has 124 valence electrons. The van der Waals surface area contributed by atoms with E-state index in [4.69, 9.17) is 16.3 Å². The number of aromatic nitrogens is 1. The summed E-state index contributed by atoms with van der Waals surface area (Å²) in [5, 5.41) is 3.56. The predicted octanol–water partition coefficient (Wildman–Crippen LogP) is 4.05. The van der Waals surface area contributed by atoms with E-state index < -0.39 is 0 Å². The summed E-state index contributed by atoms with van der Waals surface area (Å²) in [5.74, 6) is 0. The lowest BCUT2D eigenvalue weighted by molar-refractivity contribution is 0.119. The van der Waals surface area contributed by atoms with Crippen LogP contribution in [0.4, 0.5) is 10.5 Å². The van der Waals surface area contributed by atoms with Gasteiger partial charge >= 0.3 is 6.03 Å². The molecule has 0 bridgehead atoms. The highest BCUT2D eigenvalue weighted by Crippen LogP contribution is 2.20. The van der Waals surface area contributed by atoms with Crippen LogP contribution in [0.3, 0.4) is 0 Å². The first kappa shape index (κ1) is 17.4. The third-order valence-electron chi connectivity index (χ3n) is 3.78. The Bertz CT molecular complexity index is 684. The fraction of sp³-hybridized carbons (Fsp3) is 0.353. The number of nitrogens with one attached hydrogen (secondary N) is 1. The van der Waals surface area contributed by atoms with Crippen molar-refractivity contribution < 1.29 is 9.53 Å². The number of hydrogen-bond donors (Lipinski definition) is 1. The maximum atomic E-state index is 12.3. The van der Waals surface area contributed by atoms with Crippen molar-refractivity contribution in [1.29, 1.82) is 0 Å². The third kappa shape index (κ3) is 4.50. The van der Waals surface area contributed by atoms with E-state index in [0.717, 1.165) is 16.9 Å². The highest BCUT2D eigenvalue weighted by molar-refractivity contribution is 6.30. The number of urea groups is 1. The number of carbonyl (C=O) groups excluding carboxylic acids is 1. The molecule has 1 aromatic heterocycles. The molecule has 0 saturated carbocycles. The minimum atomic E-state index is -0.176. The summed E-state index contributed by atoms with van der Waals surface area (Å²) in [7, 11) is 5.31. The molecule has 0 saturated heterocycles. The molecule has 0 aliphatic carbocycles. The second kappa shape index (κ2) is 7.53. The zero-order valence-corrected chi connectivity index (χ0v) is 14.6. The molecule has 6 heteroatoms. The lowest BCUT2D eigenvalue weighted by atomic mass is 10.1. The Labute approximate surface area is 141 Å². The van der Waals surface area contributed by atoms with Crippen molar-refractivity contribution in [3.8, 4) is 0 Å². The van der Waals surface area contributed by atoms with Crippen LogP contribution in [0.5, 0.6) is 0 Å². The van der Waals surface area contributed by atoms with Gasteiger partial charge < -0.3 is 19.5 Å². The minimum Gasteiger partial charge on any atom is -0.377 e. The number of carbonyl (C=O) groups is 1. The molecule has 0 aliphatic rings. The van der Waals surface area contributed by atoms with E-state index in [1.54, 1.807) is 19.1 Å². The zero-order valence-electron chi connectivity index (χ0n) is 13.8. The molecule has 1 N–H and O–H groups in total. The van der Waals surface area contributed by atoms with Gasteiger partial charge in [0.2, 0.25) is 0 Å². The first-order valence-electron chi connectivity index (χ1n) is 7.36. The van der Waals surface area contributed by atoms with Gasteiger partial charge in [-0.15, -0.1) is 0 Å². The first-order chi connectivity index (χ1) is 10.9. The first-order valence-corrected chi connectivity index (χ1v) is 7.74. The van der Waals surface area contributed by atoms with Crippen LogP contribution >= 0.6 is 11.6 Å². The molecule has 1 atom stereocenters. The van der Waals surface area contributed by atoms with Gasteiger partial charge in [-0.1, -0.05) is 23.7 Å². The van der Waals surface area contributed by atoms with E-state index in [9.17, 15) is 4.79 Å². The van der Waals surface area contributed by atoms with Crippen molar-refractivity contribution in [2.24, 2.45) is 7.05 Å². The number of halogens is 1. The molecule has 5 nitrogen and oxygen atoms in total. The van der Waals surface area contributed by atoms with Crippen molar-refractivity contribution in [2.75, 3.05) is 19.5 Å². The summed E-state index contributed by atoms with van der Waals surface area (Å²) in [6.45, 7) is 2.44. The Morgan fingerprint density at radius 3 is 2.78 bits per heavy atom. The summed E-state index contributed by atoms with van der Waals surface area (Å²) in [6, 6.07) is 9.32. The number of methoxy groups -OCH3 is 1. The highest BCUT2D eigenvalue weighted by Gasteiger charge is 2.12. The second-order valence-corrected chi connectivity index (χ2v) is 5.99. The average Bonchev–Trinajstić information content (AvgIpc) is 2.84. The molecule has 0 spiro atoms. The summed E-state index contributed by atoms with van der Waals surface area (Å²) in [5.41, 5.74) is 2.73. The summed E-state index contributed by atoms with van der Waals surface area (Å²) < 4.78 is 7.21. The van der Waals surface area contributed by atoms with E-state index in [2.05, 4.69) is 5.32 Å². The van der Waals surface area contributed by atoms with E-state index >= 15 is 0 Å². The van der Waals surface area contributed by atoms with Crippen molar-refractivity contribution in [1.82, 2.24) is 9.47 Å². The van der Waals surface area contributed by atoms with Crippen LogP contribution in [0.2, 0.25) is 5.02 Å². The summed E-state index contributed by atoms with van der Waals surface area (Å²) >= 11 is 5.97. The molecule has 0 fully saturated rings. The van der Waals surface area contributed by atoms with Crippen molar-refractivity contribution in [2.45, 2.75) is 19.6 Å². The lowest BCUT2D eigenvalue weighted by Gasteiger charge is -2.19. The van der Waals surface area contributed by atoms with Crippen LogP contribution in [0.25, 0.3) is 0 Å². The molecule has 2 aromatic rings. The Morgan fingerprint density at radius 1 is 1.43 bits per heavy atom. The standard InChI is InChI=1S/C17H22ClN3O2/c1-12(23-4)13-6-5-7-15(8-13)19-17(22)21(3)11-16-9-14(18)10-20(16)2/h5-10,12H,11H2,1-4H3,(H,19,22)/t12-/m0/s1. The second-order valence-electron chi connectivity index (χ2n) is 5.55. The van der Waals surface area contributed by atoms with Gasteiger partial charge in [0.05, 0.1) is 17.7 Å². The highest BCUT2D eigenvalue weighted by atomic mass is 35.5. The normalized spacial score (nSPS) is 12.0. The number of nitrogens with zero attached hydrogens (tertiary/aromatic N) is 2. The predicted molar refractivity (Wildman–Crippen MR) is 92.8 cm³/mol. The van der Waals surface area contributed by atoms with Gasteiger partial charge in [0.25, 0.3) is 0 Å². The van der Waals surface area contributed by atoms with Crippen LogP contribution in [0, 0.1) is 0 Å². The van der Waals surface area contributed by atoms with E-state index in [1.165, 1.54) is 0 Å². The van der Waals surface area contributed by atoms with E-state index in [0.29, 0.717) is 11.6 Å². The largest absolute Gasteiger partial charge is 0.377 e. The minimum absolute atomic E-state index is 0.0184. The quantitative estimate of drug-likeness (QED) is 0.896. The van der Waals surface area contributed by atoms with Crippen LogP contribution in [-0.4, -0.2) is 29.7 Å². The van der Waals surface area contributed by atoms with Gasteiger partial charge in [0.15, 0.2) is 0 Å². The number of anilines is 1. The number of rotatable bonds is 5. The molecular formula is C17H22ClN3O2. The SMILES string of the molecule is CO[C@@H](C)c1cccc(NC(=O)N(C)Cc2cc(Cl)cn2C)c1. The van der Waals surface area contributed by atoms with Crippen LogP contribution in [0.1, 0.15) is 24.3 Å². The Morgan fingerprint density at radius 2 is 2.17 bits per heavy atom. The molecule has 0 unspecified atom stereocenters. The number of ether oxygens (including phenoxy) is 1. The van der Waals surface area contributed by atoms with E-state index in [-0.39, 0.29) is 12.1 Å². The molecule has 0 radical (unpaired) electrons.